The van der Waals surface area contributed by atoms with Gasteiger partial charge in [-0.25, -0.2) is 0 Å². The van der Waals surface area contributed by atoms with Gasteiger partial charge in [-0.15, -0.1) is 0 Å². The zero-order valence-electron chi connectivity index (χ0n) is 15.0. The topological polar surface area (TPSA) is 47.7 Å². The van der Waals surface area contributed by atoms with Crippen molar-refractivity contribution >= 4 is 0 Å². The minimum atomic E-state index is 0.240. The molecule has 2 saturated carbocycles. The van der Waals surface area contributed by atoms with E-state index in [1.165, 1.54) is 44.3 Å². The molecule has 3 aliphatic rings. The highest BCUT2D eigenvalue weighted by atomic mass is 16.5. The second kappa shape index (κ2) is 6.23. The van der Waals surface area contributed by atoms with Gasteiger partial charge in [-0.3, -0.25) is 4.90 Å². The molecule has 3 fully saturated rings. The molecule has 4 rings (SSSR count). The molecular formula is C20H30N2O2. The highest BCUT2D eigenvalue weighted by Gasteiger charge is 2.51. The van der Waals surface area contributed by atoms with Crippen LogP contribution < -0.4 is 15.2 Å². The van der Waals surface area contributed by atoms with Gasteiger partial charge in [0.1, 0.15) is 0 Å². The number of ether oxygens (including phenoxy) is 2. The summed E-state index contributed by atoms with van der Waals surface area (Å²) < 4.78 is 11.0. The van der Waals surface area contributed by atoms with E-state index in [9.17, 15) is 0 Å². The van der Waals surface area contributed by atoms with Crippen molar-refractivity contribution in [1.29, 1.82) is 0 Å². The SMILES string of the molecule is COc1ccc(C23CCC(N)CC2N(CC2CC2)CC3)cc1OC. The van der Waals surface area contributed by atoms with Crippen molar-refractivity contribution in [3.8, 4) is 11.5 Å². The van der Waals surface area contributed by atoms with Gasteiger partial charge in [0.05, 0.1) is 14.2 Å². The Labute approximate surface area is 145 Å². The first kappa shape index (κ1) is 16.2. The van der Waals surface area contributed by atoms with Crippen molar-refractivity contribution in [2.45, 2.75) is 56.0 Å². The van der Waals surface area contributed by atoms with Crippen LogP contribution >= 0.6 is 0 Å². The summed E-state index contributed by atoms with van der Waals surface area (Å²) in [6, 6.07) is 7.47. The maximum absolute atomic E-state index is 6.37. The molecule has 0 aromatic heterocycles. The van der Waals surface area contributed by atoms with Crippen molar-refractivity contribution in [2.75, 3.05) is 27.3 Å². The van der Waals surface area contributed by atoms with Crippen molar-refractivity contribution in [3.05, 3.63) is 23.8 Å². The fraction of sp³-hybridized carbons (Fsp3) is 0.700. The number of methoxy groups -OCH3 is 2. The van der Waals surface area contributed by atoms with Gasteiger partial charge in [0.15, 0.2) is 11.5 Å². The van der Waals surface area contributed by atoms with Crippen LogP contribution in [0, 0.1) is 5.92 Å². The summed E-state index contributed by atoms with van der Waals surface area (Å²) in [6.45, 7) is 2.48. The molecular weight excluding hydrogens is 300 g/mol. The van der Waals surface area contributed by atoms with Crippen LogP contribution in [-0.2, 0) is 5.41 Å². The Morgan fingerprint density at radius 1 is 1.12 bits per heavy atom. The zero-order valence-corrected chi connectivity index (χ0v) is 15.0. The second-order valence-electron chi connectivity index (χ2n) is 7.96. The number of likely N-dealkylation sites (tertiary alicyclic amines) is 1. The van der Waals surface area contributed by atoms with Crippen LogP contribution in [0.2, 0.25) is 0 Å². The maximum Gasteiger partial charge on any atom is 0.161 e. The first-order valence-corrected chi connectivity index (χ1v) is 9.38. The first-order valence-electron chi connectivity index (χ1n) is 9.38. The Kier molecular flexibility index (Phi) is 4.21. The normalized spacial score (nSPS) is 33.3. The molecule has 1 aromatic carbocycles. The molecule has 0 radical (unpaired) electrons. The first-order chi connectivity index (χ1) is 11.7. The molecule has 0 bridgehead atoms. The summed E-state index contributed by atoms with van der Waals surface area (Å²) in [6.07, 6.45) is 7.52. The van der Waals surface area contributed by atoms with E-state index in [1.54, 1.807) is 14.2 Å². The highest BCUT2D eigenvalue weighted by Crippen LogP contribution is 2.50. The molecule has 3 atom stereocenters. The number of nitrogens with zero attached hydrogens (tertiary/aromatic N) is 1. The van der Waals surface area contributed by atoms with E-state index >= 15 is 0 Å². The van der Waals surface area contributed by atoms with Crippen molar-refractivity contribution in [1.82, 2.24) is 4.90 Å². The average Bonchev–Trinajstić information content (AvgIpc) is 3.36. The average molecular weight is 330 g/mol. The van der Waals surface area contributed by atoms with Gasteiger partial charge in [0, 0.05) is 24.0 Å². The Hall–Kier alpha value is -1.26. The molecule has 132 valence electrons. The quantitative estimate of drug-likeness (QED) is 0.902. The molecule has 24 heavy (non-hydrogen) atoms. The number of rotatable bonds is 5. The largest absolute Gasteiger partial charge is 0.493 e. The van der Waals surface area contributed by atoms with Gasteiger partial charge >= 0.3 is 0 Å². The number of hydrogen-bond acceptors (Lipinski definition) is 4. The number of fused-ring (bicyclic) bond motifs is 1. The van der Waals surface area contributed by atoms with Gasteiger partial charge in [0.25, 0.3) is 0 Å². The lowest BCUT2D eigenvalue weighted by atomic mass is 9.65. The van der Waals surface area contributed by atoms with E-state index in [0.717, 1.165) is 30.3 Å². The zero-order chi connectivity index (χ0) is 16.7. The van der Waals surface area contributed by atoms with Gasteiger partial charge in [-0.1, -0.05) is 6.07 Å². The van der Waals surface area contributed by atoms with Crippen LogP contribution in [0.15, 0.2) is 18.2 Å². The minimum absolute atomic E-state index is 0.240. The molecule has 1 heterocycles. The third-order valence-corrected chi connectivity index (χ3v) is 6.56. The Bertz CT molecular complexity index is 601. The van der Waals surface area contributed by atoms with Crippen LogP contribution in [0.4, 0.5) is 0 Å². The van der Waals surface area contributed by atoms with Crippen molar-refractivity contribution in [3.63, 3.8) is 0 Å². The number of nitrogens with two attached hydrogens (primary N) is 1. The molecule has 0 amide bonds. The van der Waals surface area contributed by atoms with Gasteiger partial charge in [-0.2, -0.15) is 0 Å². The smallest absolute Gasteiger partial charge is 0.161 e. The Morgan fingerprint density at radius 2 is 1.92 bits per heavy atom. The minimum Gasteiger partial charge on any atom is -0.493 e. The maximum atomic E-state index is 6.37. The summed E-state index contributed by atoms with van der Waals surface area (Å²) in [5, 5.41) is 0. The standard InChI is InChI=1S/C20H30N2O2/c1-23-17-6-5-15(11-18(17)24-2)20-8-7-16(21)12-19(20)22(10-9-20)13-14-3-4-14/h5-6,11,14,16,19H,3-4,7-10,12-13,21H2,1-2H3. The van der Waals surface area contributed by atoms with E-state index in [4.69, 9.17) is 15.2 Å². The number of benzene rings is 1. The monoisotopic (exact) mass is 330 g/mol. The third kappa shape index (κ3) is 2.70. The molecule has 1 saturated heterocycles. The number of hydrogen-bond donors (Lipinski definition) is 1. The van der Waals surface area contributed by atoms with E-state index in [0.29, 0.717) is 12.1 Å². The fourth-order valence-electron chi connectivity index (χ4n) is 5.01. The lowest BCUT2D eigenvalue weighted by Gasteiger charge is -2.44. The Morgan fingerprint density at radius 3 is 2.62 bits per heavy atom. The second-order valence-corrected chi connectivity index (χ2v) is 7.96. The fourth-order valence-corrected chi connectivity index (χ4v) is 5.01. The highest BCUT2D eigenvalue weighted by molar-refractivity contribution is 5.46. The summed E-state index contributed by atoms with van der Waals surface area (Å²) in [7, 11) is 3.42. The molecule has 4 heteroatoms. The third-order valence-electron chi connectivity index (χ3n) is 6.56. The lowest BCUT2D eigenvalue weighted by molar-refractivity contribution is 0.140. The van der Waals surface area contributed by atoms with Gasteiger partial charge in [-0.05, 0) is 68.7 Å². The van der Waals surface area contributed by atoms with E-state index in [-0.39, 0.29) is 5.41 Å². The lowest BCUT2D eigenvalue weighted by Crippen LogP contribution is -2.50. The van der Waals surface area contributed by atoms with Crippen LogP contribution in [0.5, 0.6) is 11.5 Å². The predicted molar refractivity (Wildman–Crippen MR) is 95.8 cm³/mol. The van der Waals surface area contributed by atoms with Crippen LogP contribution in [0.3, 0.4) is 0 Å². The van der Waals surface area contributed by atoms with E-state index < -0.39 is 0 Å². The van der Waals surface area contributed by atoms with E-state index in [1.807, 2.05) is 0 Å². The van der Waals surface area contributed by atoms with Crippen LogP contribution in [0.25, 0.3) is 0 Å². The van der Waals surface area contributed by atoms with Crippen molar-refractivity contribution < 1.29 is 9.47 Å². The molecule has 0 spiro atoms. The molecule has 2 N–H and O–H groups in total. The van der Waals surface area contributed by atoms with Crippen LogP contribution in [0.1, 0.15) is 44.1 Å². The molecule has 3 unspecified atom stereocenters. The molecule has 1 aliphatic heterocycles. The van der Waals surface area contributed by atoms with Gasteiger partial charge in [0.2, 0.25) is 0 Å². The summed E-state index contributed by atoms with van der Waals surface area (Å²) in [5.74, 6) is 2.59. The van der Waals surface area contributed by atoms with E-state index in [2.05, 4.69) is 23.1 Å². The summed E-state index contributed by atoms with van der Waals surface area (Å²) in [5.41, 5.74) is 8.02. The summed E-state index contributed by atoms with van der Waals surface area (Å²) in [4.78, 5) is 2.74. The van der Waals surface area contributed by atoms with Gasteiger partial charge < -0.3 is 15.2 Å². The van der Waals surface area contributed by atoms with Crippen LogP contribution in [-0.4, -0.2) is 44.3 Å². The molecule has 2 aliphatic carbocycles. The molecule has 4 nitrogen and oxygen atoms in total. The Balaban J connectivity index is 1.68. The summed E-state index contributed by atoms with van der Waals surface area (Å²) >= 11 is 0. The molecule has 1 aromatic rings. The van der Waals surface area contributed by atoms with Crippen molar-refractivity contribution in [2.24, 2.45) is 11.7 Å². The predicted octanol–water partition coefficient (Wildman–Crippen LogP) is 2.94.